The molecule has 1 aromatic heterocycles. The molecular formula is C22H25F2N3O2. The first kappa shape index (κ1) is 23.8. The van der Waals surface area contributed by atoms with Crippen molar-refractivity contribution in [3.63, 3.8) is 0 Å². The minimum atomic E-state index is -1.75. The molecule has 1 N–H and O–H groups in total. The van der Waals surface area contributed by atoms with Crippen molar-refractivity contribution in [3.8, 4) is 11.8 Å². The number of rotatable bonds is 8. The van der Waals surface area contributed by atoms with Crippen LogP contribution in [-0.4, -0.2) is 23.9 Å². The van der Waals surface area contributed by atoms with Crippen molar-refractivity contribution in [3.05, 3.63) is 66.0 Å². The van der Waals surface area contributed by atoms with Crippen molar-refractivity contribution >= 4 is 12.0 Å². The molecule has 0 radical (unpaired) electrons. The van der Waals surface area contributed by atoms with Gasteiger partial charge in [0.25, 0.3) is 5.91 Å². The van der Waals surface area contributed by atoms with Crippen molar-refractivity contribution in [1.82, 2.24) is 10.3 Å². The Hall–Kier alpha value is -3.27. The summed E-state index contributed by atoms with van der Waals surface area (Å²) in [5, 5.41) is 12.0. The molecule has 0 aliphatic heterocycles. The summed E-state index contributed by atoms with van der Waals surface area (Å²) in [6.45, 7) is 6.47. The lowest BCUT2D eigenvalue weighted by atomic mass is 10.0. The third kappa shape index (κ3) is 8.52. The van der Waals surface area contributed by atoms with Gasteiger partial charge in [0.2, 0.25) is 6.93 Å². The molecule has 0 aliphatic rings. The van der Waals surface area contributed by atoms with Gasteiger partial charge in [-0.3, -0.25) is 9.78 Å². The third-order valence-electron chi connectivity index (χ3n) is 3.84. The molecule has 0 saturated carbocycles. The Bertz CT molecular complexity index is 821. The number of benzene rings is 1. The second kappa shape index (κ2) is 13.0. The van der Waals surface area contributed by atoms with Crippen molar-refractivity contribution in [2.75, 3.05) is 6.93 Å². The number of pyridine rings is 1. The fourth-order valence-electron chi connectivity index (χ4n) is 2.49. The number of carbonyl (C=O) groups is 1. The summed E-state index contributed by atoms with van der Waals surface area (Å²) in [7, 11) is 0. The van der Waals surface area contributed by atoms with E-state index in [1.807, 2.05) is 26.0 Å². The summed E-state index contributed by atoms with van der Waals surface area (Å²) in [6, 6.07) is 10.9. The molecule has 1 amide bonds. The molecule has 0 saturated heterocycles. The van der Waals surface area contributed by atoms with Gasteiger partial charge in [-0.2, -0.15) is 5.26 Å². The maximum Gasteiger partial charge on any atom is 0.261 e. The van der Waals surface area contributed by atoms with E-state index in [1.54, 1.807) is 36.7 Å². The number of alkyl halides is 2. The number of nitrogens with one attached hydrogen (secondary N) is 1. The van der Waals surface area contributed by atoms with Gasteiger partial charge in [-0.05, 0) is 53.8 Å². The summed E-state index contributed by atoms with van der Waals surface area (Å²) in [5.74, 6) is 0.674. The molecule has 5 nitrogen and oxygen atoms in total. The lowest BCUT2D eigenvalue weighted by Gasteiger charge is -2.21. The van der Waals surface area contributed by atoms with E-state index in [-0.39, 0.29) is 5.91 Å². The van der Waals surface area contributed by atoms with Crippen molar-refractivity contribution in [2.45, 2.75) is 32.9 Å². The average Bonchev–Trinajstić information content (AvgIpc) is 2.72. The molecule has 29 heavy (non-hydrogen) atoms. The van der Waals surface area contributed by atoms with Gasteiger partial charge in [0.05, 0.1) is 11.6 Å². The SMILES string of the molecule is C=Cc1cc(OC(CC(C)C)C(=O)NCc2ccncc2)ccc1C#N.FCF. The molecule has 0 fully saturated rings. The molecule has 1 atom stereocenters. The Kier molecular flexibility index (Phi) is 10.7. The highest BCUT2D eigenvalue weighted by molar-refractivity contribution is 5.81. The highest BCUT2D eigenvalue weighted by atomic mass is 19.3. The number of nitriles is 1. The zero-order valence-corrected chi connectivity index (χ0v) is 16.6. The molecule has 1 aromatic carbocycles. The van der Waals surface area contributed by atoms with Gasteiger partial charge in [0.1, 0.15) is 5.75 Å². The largest absolute Gasteiger partial charge is 0.481 e. The Morgan fingerprint density at radius 2 is 1.97 bits per heavy atom. The predicted octanol–water partition coefficient (Wildman–Crippen LogP) is 4.59. The van der Waals surface area contributed by atoms with Crippen molar-refractivity contribution < 1.29 is 18.3 Å². The van der Waals surface area contributed by atoms with Gasteiger partial charge >= 0.3 is 0 Å². The monoisotopic (exact) mass is 401 g/mol. The minimum Gasteiger partial charge on any atom is -0.481 e. The Morgan fingerprint density at radius 3 is 2.52 bits per heavy atom. The number of hydrogen-bond donors (Lipinski definition) is 1. The summed E-state index contributed by atoms with van der Waals surface area (Å²) in [6.07, 6.45) is 4.97. The van der Waals surface area contributed by atoms with Crippen LogP contribution in [0.5, 0.6) is 5.75 Å². The molecule has 0 aliphatic carbocycles. The van der Waals surface area contributed by atoms with E-state index in [0.717, 1.165) is 5.56 Å². The maximum absolute atomic E-state index is 12.6. The zero-order chi connectivity index (χ0) is 21.6. The number of carbonyl (C=O) groups excluding carboxylic acids is 1. The van der Waals surface area contributed by atoms with Crippen LogP contribution in [0.1, 0.15) is 37.0 Å². The fraction of sp³-hybridized carbons (Fsp3) is 0.318. The average molecular weight is 401 g/mol. The van der Waals surface area contributed by atoms with E-state index in [0.29, 0.717) is 35.8 Å². The van der Waals surface area contributed by atoms with E-state index < -0.39 is 13.0 Å². The number of aromatic nitrogens is 1. The second-order valence-electron chi connectivity index (χ2n) is 6.48. The number of hydrogen-bond acceptors (Lipinski definition) is 4. The summed E-state index contributed by atoms with van der Waals surface area (Å²) in [4.78, 5) is 16.6. The summed E-state index contributed by atoms with van der Waals surface area (Å²) in [5.41, 5.74) is 2.18. The van der Waals surface area contributed by atoms with Crippen LogP contribution in [0, 0.1) is 17.2 Å². The molecule has 7 heteroatoms. The van der Waals surface area contributed by atoms with Crippen molar-refractivity contribution in [1.29, 1.82) is 5.26 Å². The van der Waals surface area contributed by atoms with Gasteiger partial charge in [0.15, 0.2) is 6.10 Å². The van der Waals surface area contributed by atoms with Crippen LogP contribution in [0.15, 0.2) is 49.3 Å². The number of nitrogens with zero attached hydrogens (tertiary/aromatic N) is 2. The lowest BCUT2D eigenvalue weighted by Crippen LogP contribution is -2.39. The van der Waals surface area contributed by atoms with E-state index in [2.05, 4.69) is 22.9 Å². The normalized spacial score (nSPS) is 10.9. The molecular weight excluding hydrogens is 376 g/mol. The Morgan fingerprint density at radius 1 is 1.31 bits per heavy atom. The van der Waals surface area contributed by atoms with Gasteiger partial charge in [0, 0.05) is 18.9 Å². The summed E-state index contributed by atoms with van der Waals surface area (Å²) >= 11 is 0. The zero-order valence-electron chi connectivity index (χ0n) is 16.6. The Labute approximate surface area is 170 Å². The summed E-state index contributed by atoms with van der Waals surface area (Å²) < 4.78 is 25.2. The van der Waals surface area contributed by atoms with E-state index >= 15 is 0 Å². The molecule has 2 rings (SSSR count). The van der Waals surface area contributed by atoms with Crippen LogP contribution in [0.4, 0.5) is 8.78 Å². The van der Waals surface area contributed by atoms with Crippen LogP contribution in [-0.2, 0) is 11.3 Å². The standard InChI is InChI=1S/C21H23N3O2.CH2F2/c1-4-17-12-19(6-5-18(17)13-22)26-20(11-15(2)3)21(25)24-14-16-7-9-23-10-8-16;2-1-3/h4-10,12,15,20H,1,11,14H2,2-3H3,(H,24,25);1H2. The topological polar surface area (TPSA) is 75.0 Å². The number of amides is 1. The van der Waals surface area contributed by atoms with E-state index in [1.165, 1.54) is 0 Å². The smallest absolute Gasteiger partial charge is 0.261 e. The first-order chi connectivity index (χ1) is 13.9. The molecule has 154 valence electrons. The lowest BCUT2D eigenvalue weighted by molar-refractivity contribution is -0.128. The molecule has 0 spiro atoms. The molecule has 1 unspecified atom stereocenters. The van der Waals surface area contributed by atoms with Crippen LogP contribution in [0.3, 0.4) is 0 Å². The molecule has 2 aromatic rings. The minimum absolute atomic E-state index is 0.167. The molecule has 0 bridgehead atoms. The Balaban J connectivity index is 0.00000132. The second-order valence-corrected chi connectivity index (χ2v) is 6.48. The van der Waals surface area contributed by atoms with Crippen LogP contribution >= 0.6 is 0 Å². The van der Waals surface area contributed by atoms with Crippen LogP contribution in [0.2, 0.25) is 0 Å². The maximum atomic E-state index is 12.6. The predicted molar refractivity (Wildman–Crippen MR) is 108 cm³/mol. The van der Waals surface area contributed by atoms with Crippen molar-refractivity contribution in [2.24, 2.45) is 5.92 Å². The molecule has 1 heterocycles. The third-order valence-corrected chi connectivity index (χ3v) is 3.84. The highest BCUT2D eigenvalue weighted by Gasteiger charge is 2.22. The highest BCUT2D eigenvalue weighted by Crippen LogP contribution is 2.21. The van der Waals surface area contributed by atoms with E-state index in [4.69, 9.17) is 10.00 Å². The van der Waals surface area contributed by atoms with Crippen LogP contribution in [0.25, 0.3) is 6.08 Å². The van der Waals surface area contributed by atoms with Gasteiger partial charge in [-0.1, -0.05) is 26.5 Å². The van der Waals surface area contributed by atoms with Gasteiger partial charge < -0.3 is 10.1 Å². The van der Waals surface area contributed by atoms with Gasteiger partial charge in [-0.15, -0.1) is 0 Å². The number of ether oxygens (including phenoxy) is 1. The fourth-order valence-corrected chi connectivity index (χ4v) is 2.49. The first-order valence-electron chi connectivity index (χ1n) is 9.06. The van der Waals surface area contributed by atoms with Gasteiger partial charge in [-0.25, -0.2) is 8.78 Å². The van der Waals surface area contributed by atoms with E-state index in [9.17, 15) is 13.6 Å². The quantitative estimate of drug-likeness (QED) is 0.702. The van der Waals surface area contributed by atoms with Crippen LogP contribution < -0.4 is 10.1 Å². The first-order valence-corrected chi connectivity index (χ1v) is 9.06. The number of halogens is 2.